The molecule has 0 spiro atoms. The van der Waals surface area contributed by atoms with Gasteiger partial charge >= 0.3 is 0 Å². The molecule has 0 N–H and O–H groups in total. The number of carbonyl (C=O) groups excluding carboxylic acids is 1. The van der Waals surface area contributed by atoms with Gasteiger partial charge in [0.25, 0.3) is 5.91 Å². The van der Waals surface area contributed by atoms with Crippen molar-refractivity contribution in [2.24, 2.45) is 29.8 Å². The highest BCUT2D eigenvalue weighted by atomic mass is 16.5. The number of fused-ring (bicyclic) bond motifs is 7. The van der Waals surface area contributed by atoms with Gasteiger partial charge in [-0.15, -0.1) is 0 Å². The Morgan fingerprint density at radius 1 is 1.05 bits per heavy atom. The average molecular weight is 540 g/mol. The minimum atomic E-state index is -0.230. The molecule has 1 amide bonds. The molecule has 5 heterocycles. The number of benzene rings is 1. The zero-order valence-corrected chi connectivity index (χ0v) is 23.4. The summed E-state index contributed by atoms with van der Waals surface area (Å²) in [5.41, 5.74) is 6.60. The van der Waals surface area contributed by atoms with Crippen LogP contribution in [0, 0.1) is 24.7 Å². The fourth-order valence-electron chi connectivity index (χ4n) is 6.41. The van der Waals surface area contributed by atoms with Gasteiger partial charge in [0.15, 0.2) is 0 Å². The van der Waals surface area contributed by atoms with Gasteiger partial charge in [-0.3, -0.25) is 9.78 Å². The first-order valence-corrected chi connectivity index (χ1v) is 14.7. The second-order valence-electron chi connectivity index (χ2n) is 12.1. The molecule has 2 aromatic heterocycles. The maximum absolute atomic E-state index is 13.7. The summed E-state index contributed by atoms with van der Waals surface area (Å²) in [5, 5.41) is 4.43. The number of ether oxygens (including phenoxy) is 2. The molecular weight excluding hydrogens is 502 g/mol. The van der Waals surface area contributed by atoms with E-state index in [0.29, 0.717) is 42.0 Å². The Hall–Kier alpha value is -3.52. The van der Waals surface area contributed by atoms with Crippen molar-refractivity contribution in [3.8, 4) is 17.1 Å². The lowest BCUT2D eigenvalue weighted by atomic mass is 9.95. The molecule has 1 saturated carbocycles. The first kappa shape index (κ1) is 25.4. The predicted octanol–water partition coefficient (Wildman–Crippen LogP) is 5.17. The summed E-state index contributed by atoms with van der Waals surface area (Å²) in [6.07, 6.45) is 9.40. The lowest BCUT2D eigenvalue weighted by Gasteiger charge is -2.27. The Balaban J connectivity index is 1.27. The summed E-state index contributed by atoms with van der Waals surface area (Å²) in [7, 11) is 1.88. The Kier molecular flexibility index (Phi) is 6.66. The lowest BCUT2D eigenvalue weighted by molar-refractivity contribution is -0.0312. The second-order valence-corrected chi connectivity index (χ2v) is 12.1. The number of pyridine rings is 1. The van der Waals surface area contributed by atoms with Crippen molar-refractivity contribution in [2.75, 3.05) is 31.3 Å². The molecule has 8 heteroatoms. The number of aliphatic imine (C=N–C) groups is 1. The van der Waals surface area contributed by atoms with Gasteiger partial charge < -0.3 is 14.4 Å². The highest BCUT2D eigenvalue weighted by molar-refractivity contribution is 6.12. The summed E-state index contributed by atoms with van der Waals surface area (Å²) in [6.45, 7) is 5.11. The van der Waals surface area contributed by atoms with E-state index in [1.807, 2.05) is 26.1 Å². The third kappa shape index (κ3) is 5.17. The van der Waals surface area contributed by atoms with Crippen LogP contribution in [0.5, 0.6) is 5.88 Å². The molecule has 3 aromatic rings. The third-order valence-electron chi connectivity index (χ3n) is 8.72. The monoisotopic (exact) mass is 539 g/mol. The van der Waals surface area contributed by atoms with Crippen LogP contribution in [0.2, 0.25) is 0 Å². The van der Waals surface area contributed by atoms with Gasteiger partial charge in [-0.05, 0) is 73.8 Å². The number of anilines is 1. The molecule has 4 aliphatic rings. The summed E-state index contributed by atoms with van der Waals surface area (Å²) < 4.78 is 13.4. The molecule has 1 aliphatic carbocycles. The van der Waals surface area contributed by atoms with Crippen LogP contribution in [0.1, 0.15) is 59.3 Å². The number of amidine groups is 1. The lowest BCUT2D eigenvalue weighted by Crippen LogP contribution is -2.33. The van der Waals surface area contributed by atoms with Gasteiger partial charge in [0.2, 0.25) is 5.88 Å². The van der Waals surface area contributed by atoms with Gasteiger partial charge in [0, 0.05) is 42.9 Å². The normalized spacial score (nSPS) is 21.4. The molecule has 3 aliphatic heterocycles. The second kappa shape index (κ2) is 10.5. The molecule has 40 heavy (non-hydrogen) atoms. The molecule has 8 nitrogen and oxygen atoms in total. The van der Waals surface area contributed by atoms with E-state index in [9.17, 15) is 4.79 Å². The van der Waals surface area contributed by atoms with Crippen molar-refractivity contribution in [3.63, 3.8) is 0 Å². The number of carbonyl (C=O) groups is 1. The molecule has 1 aromatic carbocycles. The van der Waals surface area contributed by atoms with Crippen LogP contribution >= 0.6 is 0 Å². The van der Waals surface area contributed by atoms with Gasteiger partial charge in [-0.25, -0.2) is 4.68 Å². The van der Waals surface area contributed by atoms with Crippen LogP contribution in [0.3, 0.4) is 0 Å². The molecular formula is C32H37N5O3. The van der Waals surface area contributed by atoms with E-state index < -0.39 is 0 Å². The van der Waals surface area contributed by atoms with E-state index in [0.717, 1.165) is 62.0 Å². The molecule has 1 saturated heterocycles. The zero-order valence-electron chi connectivity index (χ0n) is 23.4. The predicted molar refractivity (Wildman–Crippen MR) is 154 cm³/mol. The maximum Gasteiger partial charge on any atom is 0.278 e. The highest BCUT2D eigenvalue weighted by Crippen LogP contribution is 2.39. The Morgan fingerprint density at radius 3 is 2.73 bits per heavy atom. The van der Waals surface area contributed by atoms with Crippen LogP contribution in [-0.2, 0) is 24.6 Å². The number of amides is 1. The fraction of sp³-hybridized carbons (Fsp3) is 0.500. The van der Waals surface area contributed by atoms with Gasteiger partial charge in [-0.1, -0.05) is 25.0 Å². The van der Waals surface area contributed by atoms with Crippen molar-refractivity contribution in [1.29, 1.82) is 0 Å². The fourth-order valence-corrected chi connectivity index (χ4v) is 6.41. The zero-order chi connectivity index (χ0) is 27.2. The molecule has 2 fully saturated rings. The van der Waals surface area contributed by atoms with Crippen molar-refractivity contribution in [1.82, 2.24) is 14.8 Å². The third-order valence-corrected chi connectivity index (χ3v) is 8.72. The van der Waals surface area contributed by atoms with Crippen molar-refractivity contribution >= 4 is 17.4 Å². The topological polar surface area (TPSA) is 81.8 Å². The number of hydrogen-bond donors (Lipinski definition) is 0. The van der Waals surface area contributed by atoms with Gasteiger partial charge in [-0.2, -0.15) is 10.1 Å². The molecule has 208 valence electrons. The van der Waals surface area contributed by atoms with E-state index in [2.05, 4.69) is 28.2 Å². The number of aromatic nitrogens is 3. The maximum atomic E-state index is 13.7. The minimum Gasteiger partial charge on any atom is -0.477 e. The Bertz CT molecular complexity index is 1470. The van der Waals surface area contributed by atoms with Gasteiger partial charge in [0.05, 0.1) is 37.3 Å². The van der Waals surface area contributed by atoms with Crippen LogP contribution in [0.4, 0.5) is 5.69 Å². The SMILES string of the molecule is Cc1cc2cc(n1)-c1cnn(C)c1OCCC[C@@H](CC1CC1)CN1C(=NC2=O)Cc2cc(CC3COC3)ccc21. The van der Waals surface area contributed by atoms with E-state index in [1.165, 1.54) is 36.1 Å². The highest BCUT2D eigenvalue weighted by Gasteiger charge is 2.32. The van der Waals surface area contributed by atoms with Crippen molar-refractivity contribution in [2.45, 2.75) is 51.9 Å². The average Bonchev–Trinajstić information content (AvgIpc) is 3.56. The summed E-state index contributed by atoms with van der Waals surface area (Å²) in [6, 6.07) is 10.5. The van der Waals surface area contributed by atoms with Crippen LogP contribution < -0.4 is 9.64 Å². The van der Waals surface area contributed by atoms with Crippen LogP contribution in [0.25, 0.3) is 11.3 Å². The first-order chi connectivity index (χ1) is 19.5. The quantitative estimate of drug-likeness (QED) is 0.455. The van der Waals surface area contributed by atoms with E-state index >= 15 is 0 Å². The smallest absolute Gasteiger partial charge is 0.278 e. The largest absolute Gasteiger partial charge is 0.477 e. The number of hydrogen-bond acceptors (Lipinski definition) is 6. The summed E-state index contributed by atoms with van der Waals surface area (Å²) in [4.78, 5) is 25.6. The molecule has 0 unspecified atom stereocenters. The van der Waals surface area contributed by atoms with E-state index in [4.69, 9.17) is 19.5 Å². The number of nitrogens with zero attached hydrogens (tertiary/aromatic N) is 5. The molecule has 1 atom stereocenters. The summed E-state index contributed by atoms with van der Waals surface area (Å²) >= 11 is 0. The molecule has 2 bridgehead atoms. The van der Waals surface area contributed by atoms with Crippen LogP contribution in [-0.4, -0.2) is 52.9 Å². The van der Waals surface area contributed by atoms with Crippen molar-refractivity contribution < 1.29 is 14.3 Å². The Morgan fingerprint density at radius 2 is 1.93 bits per heavy atom. The van der Waals surface area contributed by atoms with Crippen molar-refractivity contribution in [3.05, 3.63) is 58.9 Å². The molecule has 0 radical (unpaired) electrons. The number of aryl methyl sites for hydroxylation is 2. The Labute approximate surface area is 235 Å². The standard InChI is InChI=1S/C32H37N5O3/c1-20-10-26-14-28(34-20)27-16-33-36(2)32(27)40-9-3-4-23(11-21-5-6-21)17-37-29-8-7-22(12-24-18-39-19-24)13-25(29)15-30(37)35-31(26)38/h7-8,10,13-14,16,21,23-24H,3-6,9,11-12,15,17-19H2,1-2H3/t23-/m0/s1. The van der Waals surface area contributed by atoms with Gasteiger partial charge in [0.1, 0.15) is 5.84 Å². The minimum absolute atomic E-state index is 0.230. The first-order valence-electron chi connectivity index (χ1n) is 14.7. The van der Waals surface area contributed by atoms with E-state index in [-0.39, 0.29) is 5.91 Å². The molecule has 7 rings (SSSR count). The van der Waals surface area contributed by atoms with Crippen LogP contribution in [0.15, 0.2) is 41.5 Å². The number of rotatable bonds is 4. The summed E-state index contributed by atoms with van der Waals surface area (Å²) in [5.74, 6) is 3.26. The van der Waals surface area contributed by atoms with E-state index in [1.54, 1.807) is 10.9 Å².